The average Bonchev–Trinajstić information content (AvgIpc) is 2.99. The molecule has 2 aliphatic carbocycles. The van der Waals surface area contributed by atoms with Gasteiger partial charge in [-0.15, -0.1) is 34.8 Å². The fraction of sp³-hybridized carbons (Fsp3) is 0.115. The topological polar surface area (TPSA) is 149 Å². The first-order valence-electron chi connectivity index (χ1n) is 11.0. The minimum atomic E-state index is -0.888. The van der Waals surface area contributed by atoms with Gasteiger partial charge in [0.25, 0.3) is 0 Å². The SMILES string of the molecule is NC1=C(Cl)C(=O)c2ccccc2C1=O.O=C(Cl)CCl.O=C1C(Cl)=C(N(C(=O)CCl)C(=O)CCl)C(=O)c2ccccc21. The Hall–Kier alpha value is -3.05. The van der Waals surface area contributed by atoms with Crippen molar-refractivity contribution in [2.75, 3.05) is 17.6 Å². The van der Waals surface area contributed by atoms with Crippen LogP contribution in [0.5, 0.6) is 0 Å². The second-order valence-corrected chi connectivity index (χ2v) is 9.66. The second kappa shape index (κ2) is 15.3. The van der Waals surface area contributed by atoms with Crippen LogP contribution in [0.3, 0.4) is 0 Å². The predicted molar refractivity (Wildman–Crippen MR) is 155 cm³/mol. The zero-order valence-electron chi connectivity index (χ0n) is 20.4. The molecule has 15 heteroatoms. The number of hydrogen-bond donors (Lipinski definition) is 1. The van der Waals surface area contributed by atoms with Crippen molar-refractivity contribution >= 4 is 110 Å². The summed E-state index contributed by atoms with van der Waals surface area (Å²) in [5.74, 6) is -5.15. The van der Waals surface area contributed by atoms with Crippen LogP contribution in [0, 0.1) is 0 Å². The van der Waals surface area contributed by atoms with E-state index in [4.69, 9.17) is 75.3 Å². The number of fused-ring (bicyclic) bond motifs is 2. The lowest BCUT2D eigenvalue weighted by atomic mass is 9.92. The maximum atomic E-state index is 12.5. The van der Waals surface area contributed by atoms with Crippen molar-refractivity contribution in [3.63, 3.8) is 0 Å². The Morgan fingerprint density at radius 1 is 0.610 bits per heavy atom. The molecule has 2 aromatic carbocycles. The summed E-state index contributed by atoms with van der Waals surface area (Å²) >= 11 is 32.0. The Balaban J connectivity index is 0.000000263. The Morgan fingerprint density at radius 3 is 1.32 bits per heavy atom. The number of Topliss-reactive ketones (excluding diaryl/α,β-unsaturated/α-hetero) is 4. The minimum absolute atomic E-state index is 0.0571. The van der Waals surface area contributed by atoms with E-state index in [9.17, 15) is 33.6 Å². The van der Waals surface area contributed by atoms with E-state index in [0.29, 0.717) is 16.0 Å². The highest BCUT2D eigenvalue weighted by atomic mass is 35.5. The summed E-state index contributed by atoms with van der Waals surface area (Å²) < 4.78 is 0. The maximum Gasteiger partial charge on any atom is 0.248 e. The van der Waals surface area contributed by atoms with Crippen molar-refractivity contribution in [2.45, 2.75) is 0 Å². The molecule has 0 bridgehead atoms. The van der Waals surface area contributed by atoms with Crippen molar-refractivity contribution in [1.29, 1.82) is 0 Å². The largest absolute Gasteiger partial charge is 0.394 e. The lowest BCUT2D eigenvalue weighted by molar-refractivity contribution is -0.139. The number of allylic oxidation sites excluding steroid dienone is 4. The highest BCUT2D eigenvalue weighted by Gasteiger charge is 2.38. The van der Waals surface area contributed by atoms with E-state index >= 15 is 0 Å². The lowest BCUT2D eigenvalue weighted by Crippen LogP contribution is -2.42. The second-order valence-electron chi connectivity index (χ2n) is 7.68. The van der Waals surface area contributed by atoms with Gasteiger partial charge in [0.15, 0.2) is 0 Å². The van der Waals surface area contributed by atoms with Crippen LogP contribution in [0.25, 0.3) is 0 Å². The first-order valence-corrected chi connectivity index (χ1v) is 13.7. The van der Waals surface area contributed by atoms with Gasteiger partial charge in [-0.05, 0) is 11.6 Å². The van der Waals surface area contributed by atoms with Gasteiger partial charge in [0, 0.05) is 22.3 Å². The summed E-state index contributed by atoms with van der Waals surface area (Å²) in [6.07, 6.45) is 0. The molecule has 2 amide bonds. The smallest absolute Gasteiger partial charge is 0.248 e. The fourth-order valence-electron chi connectivity index (χ4n) is 3.40. The van der Waals surface area contributed by atoms with Gasteiger partial charge in [0.1, 0.15) is 33.2 Å². The van der Waals surface area contributed by atoms with Gasteiger partial charge in [0.05, 0.1) is 5.88 Å². The Labute approximate surface area is 262 Å². The average molecular weight is 681 g/mol. The number of hydrogen-bond acceptors (Lipinski definition) is 8. The number of imide groups is 1. The molecule has 0 fully saturated rings. The number of nitrogens with zero attached hydrogens (tertiary/aromatic N) is 1. The molecule has 0 atom stereocenters. The summed E-state index contributed by atoms with van der Waals surface area (Å²) in [6.45, 7) is 0. The van der Waals surface area contributed by atoms with Gasteiger partial charge in [-0.1, -0.05) is 71.7 Å². The standard InChI is InChI=1S/C14H8Cl3NO4.C10H6ClNO2.C2H2Cl2O/c15-5-9(19)18(10(20)6-16)12-11(17)13(21)7-3-1-2-4-8(7)14(12)22;11-7-8(12)10(14)6-4-2-1-3-5(6)9(7)13;3-1-2(4)5/h1-4H,5-6H2;1-4H,12H2;1H2. The number of ketones is 4. The molecule has 2 aromatic rings. The van der Waals surface area contributed by atoms with Crippen LogP contribution in [0.15, 0.2) is 70.0 Å². The summed E-state index contributed by atoms with van der Waals surface area (Å²) in [5, 5.41) is -1.21. The Bertz CT molecular complexity index is 1470. The maximum absolute atomic E-state index is 12.5. The molecule has 0 unspecified atom stereocenters. The van der Waals surface area contributed by atoms with Crippen molar-refractivity contribution in [3.05, 3.63) is 92.2 Å². The van der Waals surface area contributed by atoms with E-state index in [2.05, 4.69) is 0 Å². The van der Waals surface area contributed by atoms with Gasteiger partial charge in [-0.2, -0.15) is 0 Å². The highest BCUT2D eigenvalue weighted by Crippen LogP contribution is 2.31. The lowest BCUT2D eigenvalue weighted by Gasteiger charge is -2.25. The van der Waals surface area contributed by atoms with Crippen molar-refractivity contribution < 1.29 is 33.6 Å². The summed E-state index contributed by atoms with van der Waals surface area (Å²) in [4.78, 5) is 81.5. The molecule has 2 N–H and O–H groups in total. The van der Waals surface area contributed by atoms with Crippen LogP contribution in [0.4, 0.5) is 0 Å². The number of benzene rings is 2. The molecular weight excluding hydrogens is 665 g/mol. The highest BCUT2D eigenvalue weighted by molar-refractivity contribution is 6.67. The number of alkyl halides is 3. The molecule has 9 nitrogen and oxygen atoms in total. The van der Waals surface area contributed by atoms with Gasteiger partial charge in [-0.3, -0.25) is 33.6 Å². The molecule has 0 aliphatic heterocycles. The third-order valence-corrected chi connectivity index (χ3v) is 6.89. The summed E-state index contributed by atoms with van der Waals surface area (Å²) in [6, 6.07) is 12.4. The zero-order valence-corrected chi connectivity index (χ0v) is 24.9. The number of rotatable bonds is 4. The first-order chi connectivity index (χ1) is 19.3. The molecule has 0 saturated carbocycles. The number of nitrogens with two attached hydrogens (primary N) is 1. The van der Waals surface area contributed by atoms with E-state index in [1.165, 1.54) is 12.1 Å². The number of amides is 2. The van der Waals surface area contributed by atoms with Crippen LogP contribution in [0.1, 0.15) is 41.4 Å². The fourth-order valence-corrected chi connectivity index (χ4v) is 4.10. The van der Waals surface area contributed by atoms with Crippen LogP contribution in [0.2, 0.25) is 0 Å². The third kappa shape index (κ3) is 7.62. The predicted octanol–water partition coefficient (Wildman–Crippen LogP) is 4.81. The molecule has 4 rings (SSSR count). The first kappa shape index (κ1) is 34.2. The van der Waals surface area contributed by atoms with E-state index in [-0.39, 0.29) is 39.3 Å². The van der Waals surface area contributed by atoms with E-state index < -0.39 is 51.1 Å². The minimum Gasteiger partial charge on any atom is -0.394 e. The zero-order chi connectivity index (χ0) is 31.0. The van der Waals surface area contributed by atoms with Gasteiger partial charge >= 0.3 is 0 Å². The van der Waals surface area contributed by atoms with E-state index in [0.717, 1.165) is 0 Å². The van der Waals surface area contributed by atoms with Gasteiger partial charge in [0.2, 0.25) is 40.2 Å². The monoisotopic (exact) mass is 678 g/mol. The molecule has 0 heterocycles. The molecule has 0 spiro atoms. The third-order valence-electron chi connectivity index (χ3n) is 5.19. The number of carbonyl (C=O) groups is 7. The normalized spacial score (nSPS) is 13.8. The van der Waals surface area contributed by atoms with Crippen molar-refractivity contribution in [2.24, 2.45) is 5.73 Å². The number of carbonyl (C=O) groups excluding carboxylic acids is 7. The number of halogens is 6. The van der Waals surface area contributed by atoms with Crippen LogP contribution in [-0.2, 0) is 14.4 Å². The quantitative estimate of drug-likeness (QED) is 0.357. The Kier molecular flexibility index (Phi) is 12.7. The molecular formula is C26H16Cl6N2O7. The van der Waals surface area contributed by atoms with Crippen LogP contribution >= 0.6 is 69.6 Å². The van der Waals surface area contributed by atoms with Crippen molar-refractivity contribution in [1.82, 2.24) is 4.90 Å². The summed E-state index contributed by atoms with van der Waals surface area (Å²) in [5.41, 5.74) is 5.52. The van der Waals surface area contributed by atoms with Gasteiger partial charge < -0.3 is 5.73 Å². The molecule has 214 valence electrons. The summed E-state index contributed by atoms with van der Waals surface area (Å²) in [7, 11) is 0. The van der Waals surface area contributed by atoms with Crippen molar-refractivity contribution in [3.8, 4) is 0 Å². The molecule has 41 heavy (non-hydrogen) atoms. The van der Waals surface area contributed by atoms with Gasteiger partial charge in [-0.25, -0.2) is 4.90 Å². The van der Waals surface area contributed by atoms with Crippen LogP contribution in [-0.4, -0.2) is 62.7 Å². The molecule has 0 radical (unpaired) electrons. The Morgan fingerprint density at radius 2 is 0.951 bits per heavy atom. The molecule has 2 aliphatic rings. The molecule has 0 aromatic heterocycles. The van der Waals surface area contributed by atoms with Crippen LogP contribution < -0.4 is 5.73 Å². The van der Waals surface area contributed by atoms with E-state index in [1.54, 1.807) is 36.4 Å². The molecule has 0 saturated heterocycles. The van der Waals surface area contributed by atoms with E-state index in [1.807, 2.05) is 0 Å².